The van der Waals surface area contributed by atoms with Gasteiger partial charge in [0.05, 0.1) is 17.4 Å². The molecule has 0 unspecified atom stereocenters. The number of carbonyl (C=O) groups excluding carboxylic acids is 1. The maximum Gasteiger partial charge on any atom is 0.263 e. The Morgan fingerprint density at radius 3 is 2.74 bits per heavy atom. The van der Waals surface area contributed by atoms with E-state index >= 15 is 0 Å². The topological polar surface area (TPSA) is 68.0 Å². The monoisotopic (exact) mass is 327 g/mol. The van der Waals surface area contributed by atoms with Crippen molar-refractivity contribution in [2.45, 2.75) is 26.8 Å². The fourth-order valence-electron chi connectivity index (χ4n) is 2.23. The van der Waals surface area contributed by atoms with E-state index in [1.165, 1.54) is 11.3 Å². The molecule has 0 saturated carbocycles. The summed E-state index contributed by atoms with van der Waals surface area (Å²) in [6.45, 7) is 5.62. The average molecular weight is 327 g/mol. The van der Waals surface area contributed by atoms with E-state index in [9.17, 15) is 4.79 Å². The standard InChI is InChI=1S/C17H17N3O2S/c1-10-7-8-14(22-10)17-20-12(3)15(23-17)16(21)19-11(2)13-6-4-5-9-18-13/h4-9,11H,1-3H3,(H,19,21)/t11-/m1/s1. The molecule has 0 aliphatic heterocycles. The summed E-state index contributed by atoms with van der Waals surface area (Å²) in [5.41, 5.74) is 1.52. The number of hydrogen-bond donors (Lipinski definition) is 1. The lowest BCUT2D eigenvalue weighted by Crippen LogP contribution is -2.27. The number of nitrogens with zero attached hydrogens (tertiary/aromatic N) is 2. The molecule has 3 aromatic rings. The van der Waals surface area contributed by atoms with Gasteiger partial charge in [-0.05, 0) is 45.0 Å². The average Bonchev–Trinajstić information content (AvgIpc) is 3.14. The zero-order valence-corrected chi connectivity index (χ0v) is 14.0. The van der Waals surface area contributed by atoms with Crippen molar-refractivity contribution >= 4 is 17.2 Å². The Bertz CT molecular complexity index is 823. The van der Waals surface area contributed by atoms with E-state index in [1.54, 1.807) is 6.20 Å². The Balaban J connectivity index is 1.79. The summed E-state index contributed by atoms with van der Waals surface area (Å²) in [7, 11) is 0. The quantitative estimate of drug-likeness (QED) is 0.789. The molecule has 0 aliphatic rings. The van der Waals surface area contributed by atoms with E-state index in [1.807, 2.05) is 51.1 Å². The van der Waals surface area contributed by atoms with Gasteiger partial charge in [0.2, 0.25) is 0 Å². The molecule has 0 saturated heterocycles. The highest BCUT2D eigenvalue weighted by molar-refractivity contribution is 7.17. The van der Waals surface area contributed by atoms with Gasteiger partial charge < -0.3 is 9.73 Å². The SMILES string of the molecule is Cc1ccc(-c2nc(C)c(C(=O)N[C@H](C)c3ccccn3)s2)o1. The molecule has 0 bridgehead atoms. The van der Waals surface area contributed by atoms with Crippen LogP contribution in [0.2, 0.25) is 0 Å². The van der Waals surface area contributed by atoms with Gasteiger partial charge >= 0.3 is 0 Å². The van der Waals surface area contributed by atoms with Gasteiger partial charge in [-0.3, -0.25) is 9.78 Å². The van der Waals surface area contributed by atoms with Crippen LogP contribution in [-0.2, 0) is 0 Å². The van der Waals surface area contributed by atoms with Crippen LogP contribution in [0, 0.1) is 13.8 Å². The molecule has 1 amide bonds. The van der Waals surface area contributed by atoms with E-state index in [2.05, 4.69) is 15.3 Å². The number of hydrogen-bond acceptors (Lipinski definition) is 5. The van der Waals surface area contributed by atoms with E-state index in [-0.39, 0.29) is 11.9 Å². The highest BCUT2D eigenvalue weighted by atomic mass is 32.1. The number of furan rings is 1. The first-order chi connectivity index (χ1) is 11.0. The fraction of sp³-hybridized carbons (Fsp3) is 0.235. The molecule has 1 atom stereocenters. The number of carbonyl (C=O) groups is 1. The second-order valence-electron chi connectivity index (χ2n) is 5.29. The van der Waals surface area contributed by atoms with Gasteiger partial charge in [-0.2, -0.15) is 0 Å². The maximum atomic E-state index is 12.5. The number of nitrogens with one attached hydrogen (secondary N) is 1. The van der Waals surface area contributed by atoms with Crippen LogP contribution in [-0.4, -0.2) is 15.9 Å². The normalized spacial score (nSPS) is 12.1. The third kappa shape index (κ3) is 3.32. The van der Waals surface area contributed by atoms with Crippen molar-refractivity contribution in [3.05, 3.63) is 58.6 Å². The van der Waals surface area contributed by atoms with Crippen molar-refractivity contribution in [1.29, 1.82) is 0 Å². The summed E-state index contributed by atoms with van der Waals surface area (Å²) >= 11 is 1.33. The second kappa shape index (κ2) is 6.34. The Kier molecular flexibility index (Phi) is 4.25. The van der Waals surface area contributed by atoms with Crippen LogP contribution in [0.15, 0.2) is 40.9 Å². The molecule has 0 radical (unpaired) electrons. The summed E-state index contributed by atoms with van der Waals surface area (Å²) in [6.07, 6.45) is 1.72. The molecule has 1 N–H and O–H groups in total. The van der Waals surface area contributed by atoms with E-state index in [0.717, 1.165) is 11.5 Å². The maximum absolute atomic E-state index is 12.5. The second-order valence-corrected chi connectivity index (χ2v) is 6.29. The summed E-state index contributed by atoms with van der Waals surface area (Å²) in [4.78, 5) is 21.8. The minimum Gasteiger partial charge on any atom is -0.459 e. The molecular formula is C17H17N3O2S. The number of aromatic nitrogens is 2. The van der Waals surface area contributed by atoms with Gasteiger partial charge in [0, 0.05) is 6.20 Å². The molecular weight excluding hydrogens is 310 g/mol. The smallest absolute Gasteiger partial charge is 0.263 e. The van der Waals surface area contributed by atoms with Crippen molar-refractivity contribution in [2.24, 2.45) is 0 Å². The molecule has 118 valence electrons. The third-order valence-electron chi connectivity index (χ3n) is 3.43. The molecule has 23 heavy (non-hydrogen) atoms. The van der Waals surface area contributed by atoms with Crippen molar-refractivity contribution in [1.82, 2.24) is 15.3 Å². The Hall–Kier alpha value is -2.47. The van der Waals surface area contributed by atoms with Crippen molar-refractivity contribution in [3.8, 4) is 10.8 Å². The summed E-state index contributed by atoms with van der Waals surface area (Å²) < 4.78 is 5.57. The van der Waals surface area contributed by atoms with Crippen LogP contribution in [0.5, 0.6) is 0 Å². The van der Waals surface area contributed by atoms with Crippen LogP contribution < -0.4 is 5.32 Å². The molecule has 0 spiro atoms. The molecule has 3 rings (SSSR count). The van der Waals surface area contributed by atoms with Gasteiger partial charge in [0.15, 0.2) is 10.8 Å². The highest BCUT2D eigenvalue weighted by Crippen LogP contribution is 2.29. The fourth-order valence-corrected chi connectivity index (χ4v) is 3.16. The zero-order chi connectivity index (χ0) is 16.4. The molecule has 3 aromatic heterocycles. The number of pyridine rings is 1. The van der Waals surface area contributed by atoms with Gasteiger partial charge in [-0.1, -0.05) is 6.07 Å². The Morgan fingerprint density at radius 1 is 1.26 bits per heavy atom. The van der Waals surface area contributed by atoms with Crippen LogP contribution in [0.1, 0.15) is 39.8 Å². The van der Waals surface area contributed by atoms with Crippen LogP contribution in [0.3, 0.4) is 0 Å². The van der Waals surface area contributed by atoms with Gasteiger partial charge in [0.1, 0.15) is 10.6 Å². The zero-order valence-electron chi connectivity index (χ0n) is 13.2. The minimum atomic E-state index is -0.167. The summed E-state index contributed by atoms with van der Waals surface area (Å²) in [5, 5.41) is 3.68. The molecule has 0 aliphatic carbocycles. The third-order valence-corrected chi connectivity index (χ3v) is 4.60. The van der Waals surface area contributed by atoms with E-state index in [4.69, 9.17) is 4.42 Å². The molecule has 0 aromatic carbocycles. The van der Waals surface area contributed by atoms with Gasteiger partial charge in [-0.25, -0.2) is 4.98 Å². The lowest BCUT2D eigenvalue weighted by molar-refractivity contribution is 0.0942. The Labute approximate surface area is 138 Å². The first kappa shape index (κ1) is 15.4. The number of aryl methyl sites for hydroxylation is 2. The molecule has 5 nitrogen and oxygen atoms in total. The van der Waals surface area contributed by atoms with Crippen LogP contribution in [0.4, 0.5) is 0 Å². The van der Waals surface area contributed by atoms with Crippen LogP contribution in [0.25, 0.3) is 10.8 Å². The number of amides is 1. The predicted octanol–water partition coefficient (Wildman–Crippen LogP) is 3.91. The first-order valence-electron chi connectivity index (χ1n) is 7.30. The Morgan fingerprint density at radius 2 is 2.09 bits per heavy atom. The summed E-state index contributed by atoms with van der Waals surface area (Å²) in [5.74, 6) is 1.36. The minimum absolute atomic E-state index is 0.146. The lowest BCUT2D eigenvalue weighted by Gasteiger charge is -2.12. The molecule has 3 heterocycles. The molecule has 6 heteroatoms. The largest absolute Gasteiger partial charge is 0.459 e. The van der Waals surface area contributed by atoms with Gasteiger partial charge in [-0.15, -0.1) is 11.3 Å². The number of thiazole rings is 1. The van der Waals surface area contributed by atoms with Crippen molar-refractivity contribution in [2.75, 3.05) is 0 Å². The first-order valence-corrected chi connectivity index (χ1v) is 8.12. The van der Waals surface area contributed by atoms with E-state index < -0.39 is 0 Å². The predicted molar refractivity (Wildman–Crippen MR) is 89.4 cm³/mol. The van der Waals surface area contributed by atoms with E-state index in [0.29, 0.717) is 21.3 Å². The van der Waals surface area contributed by atoms with Crippen LogP contribution >= 0.6 is 11.3 Å². The summed E-state index contributed by atoms with van der Waals surface area (Å²) in [6, 6.07) is 9.23. The number of rotatable bonds is 4. The van der Waals surface area contributed by atoms with Crippen molar-refractivity contribution in [3.63, 3.8) is 0 Å². The lowest BCUT2D eigenvalue weighted by atomic mass is 10.2. The van der Waals surface area contributed by atoms with Gasteiger partial charge in [0.25, 0.3) is 5.91 Å². The van der Waals surface area contributed by atoms with Crippen molar-refractivity contribution < 1.29 is 9.21 Å². The molecule has 0 fully saturated rings. The highest BCUT2D eigenvalue weighted by Gasteiger charge is 2.19.